The van der Waals surface area contributed by atoms with Gasteiger partial charge in [0.15, 0.2) is 0 Å². The maximum Gasteiger partial charge on any atom is 0.0656 e. The molecule has 1 N–H and O–H groups in total. The first-order valence-corrected chi connectivity index (χ1v) is 8.64. The lowest BCUT2D eigenvalue weighted by Gasteiger charge is -2.52. The first-order valence-electron chi connectivity index (χ1n) is 6.97. The number of thiophene rings is 1. The minimum absolute atomic E-state index is 0.239. The van der Waals surface area contributed by atoms with Gasteiger partial charge in [0.2, 0.25) is 0 Å². The van der Waals surface area contributed by atoms with Crippen molar-refractivity contribution in [1.29, 1.82) is 0 Å². The first-order chi connectivity index (χ1) is 8.89. The Morgan fingerprint density at radius 3 is 2.79 bits per heavy atom. The lowest BCUT2D eigenvalue weighted by Crippen LogP contribution is -2.60. The van der Waals surface area contributed by atoms with E-state index in [1.54, 1.807) is 11.3 Å². The summed E-state index contributed by atoms with van der Waals surface area (Å²) in [7, 11) is 0. The summed E-state index contributed by atoms with van der Waals surface area (Å²) in [5.74, 6) is 0.617. The molecule has 2 rings (SSSR count). The first kappa shape index (κ1) is 15.5. The van der Waals surface area contributed by atoms with Crippen LogP contribution in [-0.2, 0) is 11.3 Å². The van der Waals surface area contributed by atoms with Gasteiger partial charge in [0.05, 0.1) is 6.10 Å². The number of halogens is 1. The van der Waals surface area contributed by atoms with E-state index in [0.29, 0.717) is 18.1 Å². The Balaban J connectivity index is 1.77. The third-order valence-corrected chi connectivity index (χ3v) is 5.65. The van der Waals surface area contributed by atoms with Gasteiger partial charge >= 0.3 is 0 Å². The van der Waals surface area contributed by atoms with Gasteiger partial charge in [-0.3, -0.25) is 0 Å². The molecular formula is C15H24BrNOS. The highest BCUT2D eigenvalue weighted by atomic mass is 79.9. The van der Waals surface area contributed by atoms with E-state index >= 15 is 0 Å². The molecule has 1 saturated carbocycles. The highest BCUT2D eigenvalue weighted by Gasteiger charge is 2.48. The van der Waals surface area contributed by atoms with Gasteiger partial charge in [-0.25, -0.2) is 0 Å². The minimum atomic E-state index is 0.239. The van der Waals surface area contributed by atoms with Crippen LogP contribution in [0.4, 0.5) is 0 Å². The Labute approximate surface area is 129 Å². The average Bonchev–Trinajstić information content (AvgIpc) is 2.72. The lowest BCUT2D eigenvalue weighted by molar-refractivity contribution is -0.124. The molecular weight excluding hydrogens is 322 g/mol. The average molecular weight is 346 g/mol. The van der Waals surface area contributed by atoms with Crippen LogP contribution in [0.15, 0.2) is 15.9 Å². The van der Waals surface area contributed by atoms with Gasteiger partial charge in [-0.2, -0.15) is 0 Å². The van der Waals surface area contributed by atoms with Crippen molar-refractivity contribution < 1.29 is 4.74 Å². The third kappa shape index (κ3) is 3.81. The largest absolute Gasteiger partial charge is 0.377 e. The second kappa shape index (κ2) is 6.25. The van der Waals surface area contributed by atoms with E-state index in [1.165, 1.54) is 9.35 Å². The molecule has 1 aromatic rings. The molecule has 108 valence electrons. The van der Waals surface area contributed by atoms with Gasteiger partial charge < -0.3 is 10.1 Å². The highest BCUT2D eigenvalue weighted by Crippen LogP contribution is 2.43. The molecule has 19 heavy (non-hydrogen) atoms. The van der Waals surface area contributed by atoms with E-state index in [9.17, 15) is 0 Å². The normalized spacial score (nSPS) is 25.6. The fraction of sp³-hybridized carbons (Fsp3) is 0.733. The second-order valence-corrected chi connectivity index (χ2v) is 8.35. The molecule has 1 aliphatic rings. The van der Waals surface area contributed by atoms with Gasteiger partial charge in [0.1, 0.15) is 0 Å². The Kier molecular flexibility index (Phi) is 5.09. The number of hydrogen-bond acceptors (Lipinski definition) is 3. The maximum absolute atomic E-state index is 6.00. The van der Waals surface area contributed by atoms with E-state index in [0.717, 1.165) is 19.6 Å². The molecule has 1 aliphatic carbocycles. The van der Waals surface area contributed by atoms with Crippen LogP contribution in [0, 0.1) is 11.3 Å². The van der Waals surface area contributed by atoms with Crippen molar-refractivity contribution in [2.24, 2.45) is 11.3 Å². The number of nitrogens with one attached hydrogen (secondary N) is 1. The van der Waals surface area contributed by atoms with Crippen LogP contribution < -0.4 is 5.32 Å². The molecule has 2 nitrogen and oxygen atoms in total. The van der Waals surface area contributed by atoms with Crippen molar-refractivity contribution in [2.45, 2.75) is 52.8 Å². The van der Waals surface area contributed by atoms with Crippen molar-refractivity contribution >= 4 is 27.3 Å². The SMILES string of the molecule is CC(C)COC1CC(NCc2cc(Br)cs2)C1(C)C. The Hall–Kier alpha value is 0.1000. The zero-order chi connectivity index (χ0) is 14.0. The fourth-order valence-corrected chi connectivity index (χ4v) is 3.90. The molecule has 2 atom stereocenters. The molecule has 0 aromatic carbocycles. The third-order valence-electron chi connectivity index (χ3n) is 3.95. The van der Waals surface area contributed by atoms with Crippen LogP contribution in [0.2, 0.25) is 0 Å². The molecule has 1 aromatic heterocycles. The number of hydrogen-bond donors (Lipinski definition) is 1. The maximum atomic E-state index is 6.00. The van der Waals surface area contributed by atoms with E-state index in [1.807, 2.05) is 0 Å². The summed E-state index contributed by atoms with van der Waals surface area (Å²) >= 11 is 5.30. The van der Waals surface area contributed by atoms with E-state index in [2.05, 4.69) is 60.4 Å². The Bertz CT molecular complexity index is 416. The van der Waals surface area contributed by atoms with Crippen molar-refractivity contribution in [1.82, 2.24) is 5.32 Å². The number of rotatable bonds is 6. The Morgan fingerprint density at radius 1 is 1.53 bits per heavy atom. The quantitative estimate of drug-likeness (QED) is 0.822. The number of ether oxygens (including phenoxy) is 1. The summed E-state index contributed by atoms with van der Waals surface area (Å²) in [5.41, 5.74) is 0.239. The van der Waals surface area contributed by atoms with Gasteiger partial charge in [-0.15, -0.1) is 11.3 Å². The standard InChI is InChI=1S/C15H24BrNOS/c1-10(2)8-18-14-6-13(15(14,3)4)17-7-12-5-11(16)9-19-12/h5,9-10,13-14,17H,6-8H2,1-4H3. The van der Waals surface area contributed by atoms with Crippen LogP contribution in [0.3, 0.4) is 0 Å². The van der Waals surface area contributed by atoms with Crippen molar-refractivity contribution in [3.63, 3.8) is 0 Å². The molecule has 2 unspecified atom stereocenters. The monoisotopic (exact) mass is 345 g/mol. The molecule has 1 fully saturated rings. The molecule has 4 heteroatoms. The highest BCUT2D eigenvalue weighted by molar-refractivity contribution is 9.10. The summed E-state index contributed by atoms with van der Waals surface area (Å²) in [6, 6.07) is 2.75. The predicted octanol–water partition coefficient (Wildman–Crippen LogP) is 4.44. The van der Waals surface area contributed by atoms with Crippen LogP contribution in [0.25, 0.3) is 0 Å². The molecule has 0 saturated heterocycles. The van der Waals surface area contributed by atoms with Gasteiger partial charge in [0, 0.05) is 39.3 Å². The zero-order valence-electron chi connectivity index (χ0n) is 12.2. The van der Waals surface area contributed by atoms with Crippen LogP contribution in [-0.4, -0.2) is 18.8 Å². The van der Waals surface area contributed by atoms with Gasteiger partial charge in [-0.1, -0.05) is 27.7 Å². The van der Waals surface area contributed by atoms with E-state index in [-0.39, 0.29) is 5.41 Å². The topological polar surface area (TPSA) is 21.3 Å². The molecule has 0 radical (unpaired) electrons. The summed E-state index contributed by atoms with van der Waals surface area (Å²) < 4.78 is 7.18. The van der Waals surface area contributed by atoms with Gasteiger partial charge in [-0.05, 0) is 34.3 Å². The minimum Gasteiger partial charge on any atom is -0.377 e. The predicted molar refractivity (Wildman–Crippen MR) is 85.6 cm³/mol. The van der Waals surface area contributed by atoms with E-state index in [4.69, 9.17) is 4.74 Å². The molecule has 0 spiro atoms. The smallest absolute Gasteiger partial charge is 0.0656 e. The molecule has 0 amide bonds. The molecule has 0 bridgehead atoms. The van der Waals surface area contributed by atoms with Crippen molar-refractivity contribution in [3.8, 4) is 0 Å². The van der Waals surface area contributed by atoms with Crippen molar-refractivity contribution in [3.05, 3.63) is 20.8 Å². The lowest BCUT2D eigenvalue weighted by atomic mass is 9.64. The van der Waals surface area contributed by atoms with Crippen LogP contribution in [0.5, 0.6) is 0 Å². The zero-order valence-corrected chi connectivity index (χ0v) is 14.6. The molecule has 0 aliphatic heterocycles. The summed E-state index contributed by atoms with van der Waals surface area (Å²) in [5, 5.41) is 5.80. The van der Waals surface area contributed by atoms with Crippen LogP contribution >= 0.6 is 27.3 Å². The molecule has 1 heterocycles. The summed E-state index contributed by atoms with van der Waals surface area (Å²) in [4.78, 5) is 1.38. The fourth-order valence-electron chi connectivity index (χ4n) is 2.49. The van der Waals surface area contributed by atoms with Crippen molar-refractivity contribution in [2.75, 3.05) is 6.61 Å². The van der Waals surface area contributed by atoms with Crippen LogP contribution in [0.1, 0.15) is 39.0 Å². The Morgan fingerprint density at radius 2 is 2.26 bits per heavy atom. The summed E-state index contributed by atoms with van der Waals surface area (Å²) in [6.45, 7) is 10.9. The van der Waals surface area contributed by atoms with E-state index < -0.39 is 0 Å². The summed E-state index contributed by atoms with van der Waals surface area (Å²) in [6.07, 6.45) is 1.54. The van der Waals surface area contributed by atoms with Gasteiger partial charge in [0.25, 0.3) is 0 Å². The second-order valence-electron chi connectivity index (χ2n) is 6.44.